The Bertz CT molecular complexity index is 1710. The van der Waals surface area contributed by atoms with E-state index in [4.69, 9.17) is 0 Å². The molecule has 0 atom stereocenters. The Balaban J connectivity index is 1.16. The number of nitrogens with one attached hydrogen (secondary N) is 2. The van der Waals surface area contributed by atoms with Gasteiger partial charge in [0.1, 0.15) is 0 Å². The fourth-order valence-corrected chi connectivity index (χ4v) is 7.03. The second-order valence-electron chi connectivity index (χ2n) is 10.4. The van der Waals surface area contributed by atoms with Crippen LogP contribution in [0.5, 0.6) is 0 Å². The number of sulfonamides is 1. The molecule has 10 nitrogen and oxygen atoms in total. The van der Waals surface area contributed by atoms with Gasteiger partial charge in [0.25, 0.3) is 5.91 Å². The minimum atomic E-state index is -3.54. The molecule has 2 heterocycles. The molecule has 4 aromatic rings. The van der Waals surface area contributed by atoms with Gasteiger partial charge in [-0.05, 0) is 55.7 Å². The number of aromatic nitrogens is 3. The van der Waals surface area contributed by atoms with Crippen molar-refractivity contribution >= 4 is 39.7 Å². The highest BCUT2D eigenvalue weighted by atomic mass is 32.2. The van der Waals surface area contributed by atoms with Gasteiger partial charge in [-0.2, -0.15) is 4.31 Å². The molecule has 1 fully saturated rings. The van der Waals surface area contributed by atoms with Crippen LogP contribution in [0.1, 0.15) is 36.8 Å². The van der Waals surface area contributed by atoms with Gasteiger partial charge in [-0.15, -0.1) is 10.2 Å². The Morgan fingerprint density at radius 1 is 0.864 bits per heavy atom. The van der Waals surface area contributed by atoms with E-state index in [2.05, 4.69) is 21.0 Å². The van der Waals surface area contributed by atoms with Crippen LogP contribution in [-0.4, -0.2) is 58.1 Å². The Labute approximate surface area is 261 Å². The first-order chi connectivity index (χ1) is 21.3. The molecule has 0 saturated carbocycles. The maximum absolute atomic E-state index is 13.0. The quantitative estimate of drug-likeness (QED) is 0.155. The van der Waals surface area contributed by atoms with Gasteiger partial charge in [-0.25, -0.2) is 8.42 Å². The molecule has 2 amide bonds. The van der Waals surface area contributed by atoms with Crippen molar-refractivity contribution in [1.29, 1.82) is 0 Å². The second kappa shape index (κ2) is 14.5. The van der Waals surface area contributed by atoms with Crippen molar-refractivity contribution in [2.75, 3.05) is 18.8 Å². The van der Waals surface area contributed by atoms with Crippen LogP contribution in [0.15, 0.2) is 95.0 Å². The van der Waals surface area contributed by atoms with Crippen LogP contribution in [0.4, 0.5) is 0 Å². The van der Waals surface area contributed by atoms with Crippen LogP contribution in [-0.2, 0) is 19.6 Å². The molecular formula is C32H34N6O4S2. The van der Waals surface area contributed by atoms with Gasteiger partial charge < -0.3 is 0 Å². The summed E-state index contributed by atoms with van der Waals surface area (Å²) in [6.07, 6.45) is 6.65. The smallest absolute Gasteiger partial charge is 0.262 e. The molecule has 0 bridgehead atoms. The number of benzene rings is 3. The molecule has 1 aliphatic heterocycles. The summed E-state index contributed by atoms with van der Waals surface area (Å²) in [6.45, 7) is 3.09. The first-order valence-corrected chi connectivity index (χ1v) is 16.8. The van der Waals surface area contributed by atoms with E-state index in [1.807, 2.05) is 66.1 Å². The Kier molecular flexibility index (Phi) is 10.3. The molecule has 0 spiro atoms. The van der Waals surface area contributed by atoms with Gasteiger partial charge >= 0.3 is 0 Å². The predicted molar refractivity (Wildman–Crippen MR) is 171 cm³/mol. The van der Waals surface area contributed by atoms with Gasteiger partial charge in [0, 0.05) is 30.4 Å². The first kappa shape index (κ1) is 31.2. The van der Waals surface area contributed by atoms with E-state index >= 15 is 0 Å². The third kappa shape index (κ3) is 7.81. The normalized spacial score (nSPS) is 14.3. The number of nitrogens with zero attached hydrogens (tertiary/aromatic N) is 4. The van der Waals surface area contributed by atoms with Crippen LogP contribution < -0.4 is 10.9 Å². The van der Waals surface area contributed by atoms with Crippen molar-refractivity contribution in [3.63, 3.8) is 0 Å². The molecule has 1 saturated heterocycles. The van der Waals surface area contributed by atoms with Gasteiger partial charge in [-0.3, -0.25) is 25.0 Å². The van der Waals surface area contributed by atoms with E-state index in [1.165, 1.54) is 17.8 Å². The number of hydrogen-bond acceptors (Lipinski definition) is 7. The SMILES string of the molecule is Cc1ccc(-n2c(SCC(=O)NNC(=O)C=Cc3ccc(S(=O)(=O)N4CCCCCC4)cc3)nnc2-c2ccccc2)cc1. The van der Waals surface area contributed by atoms with Crippen LogP contribution in [0.3, 0.4) is 0 Å². The maximum Gasteiger partial charge on any atom is 0.262 e. The minimum absolute atomic E-state index is 0.00423. The zero-order valence-corrected chi connectivity index (χ0v) is 26.0. The molecule has 0 aliphatic carbocycles. The summed E-state index contributed by atoms with van der Waals surface area (Å²) in [6, 6.07) is 24.0. The second-order valence-corrected chi connectivity index (χ2v) is 13.3. The number of hydrazine groups is 1. The summed E-state index contributed by atoms with van der Waals surface area (Å²) < 4.78 is 29.4. The number of amides is 2. The fourth-order valence-electron chi connectivity index (χ4n) is 4.76. The number of carbonyl (C=O) groups excluding carboxylic acids is 2. The average molecular weight is 631 g/mol. The van der Waals surface area contributed by atoms with Crippen LogP contribution in [0.2, 0.25) is 0 Å². The summed E-state index contributed by atoms with van der Waals surface area (Å²) in [5, 5.41) is 9.25. The van der Waals surface area contributed by atoms with Crippen LogP contribution in [0.25, 0.3) is 23.2 Å². The van der Waals surface area contributed by atoms with E-state index in [1.54, 1.807) is 34.6 Å². The van der Waals surface area contributed by atoms with E-state index in [0.29, 0.717) is 29.6 Å². The lowest BCUT2D eigenvalue weighted by molar-refractivity contribution is -0.125. The third-order valence-electron chi connectivity index (χ3n) is 7.13. The monoisotopic (exact) mass is 630 g/mol. The molecule has 2 N–H and O–H groups in total. The van der Waals surface area contributed by atoms with Crippen molar-refractivity contribution in [1.82, 2.24) is 29.9 Å². The zero-order chi connectivity index (χ0) is 30.9. The lowest BCUT2D eigenvalue weighted by atomic mass is 10.2. The van der Waals surface area contributed by atoms with Gasteiger partial charge in [0.05, 0.1) is 10.6 Å². The van der Waals surface area contributed by atoms with E-state index < -0.39 is 21.8 Å². The standard InChI is InChI=1S/C32H34N6O4S2/c1-24-11-16-27(17-12-24)38-31(26-9-5-4-6-10-26)35-36-32(38)43-23-30(40)34-33-29(39)20-15-25-13-18-28(19-14-25)44(41,42)37-21-7-2-3-8-22-37/h4-6,9-20H,2-3,7-8,21-23H2,1H3,(H,33,39)(H,34,40). The summed E-state index contributed by atoms with van der Waals surface area (Å²) in [5.41, 5.74) is 8.32. The molecule has 0 radical (unpaired) electrons. The molecular weight excluding hydrogens is 597 g/mol. The Morgan fingerprint density at radius 3 is 2.23 bits per heavy atom. The van der Waals surface area contributed by atoms with E-state index in [9.17, 15) is 18.0 Å². The number of thioether (sulfide) groups is 1. The summed E-state index contributed by atoms with van der Waals surface area (Å²) in [5.74, 6) is -0.294. The van der Waals surface area contributed by atoms with Crippen molar-refractivity contribution in [2.45, 2.75) is 42.7 Å². The van der Waals surface area contributed by atoms with Gasteiger partial charge in [0.15, 0.2) is 11.0 Å². The topological polar surface area (TPSA) is 126 Å². The molecule has 12 heteroatoms. The predicted octanol–water partition coefficient (Wildman–Crippen LogP) is 4.76. The molecule has 228 valence electrons. The summed E-state index contributed by atoms with van der Waals surface area (Å²) in [4.78, 5) is 25.1. The number of aryl methyl sites for hydroxylation is 1. The minimum Gasteiger partial charge on any atom is -0.272 e. The maximum atomic E-state index is 13.0. The molecule has 5 rings (SSSR count). The highest BCUT2D eigenvalue weighted by molar-refractivity contribution is 7.99. The Morgan fingerprint density at radius 2 is 1.55 bits per heavy atom. The average Bonchev–Trinajstić information content (AvgIpc) is 3.26. The largest absolute Gasteiger partial charge is 0.272 e. The molecule has 1 aliphatic rings. The number of hydrogen-bond donors (Lipinski definition) is 2. The van der Waals surface area contributed by atoms with Gasteiger partial charge in [0.2, 0.25) is 15.9 Å². The lowest BCUT2D eigenvalue weighted by Crippen LogP contribution is -2.41. The Hall–Kier alpha value is -4.26. The molecule has 0 unspecified atom stereocenters. The first-order valence-electron chi connectivity index (χ1n) is 14.4. The zero-order valence-electron chi connectivity index (χ0n) is 24.3. The van der Waals surface area contributed by atoms with Crippen molar-refractivity contribution in [3.05, 3.63) is 96.1 Å². The van der Waals surface area contributed by atoms with Crippen molar-refractivity contribution in [2.24, 2.45) is 0 Å². The van der Waals surface area contributed by atoms with E-state index in [-0.39, 0.29) is 10.6 Å². The number of carbonyl (C=O) groups is 2. The fraction of sp³-hybridized carbons (Fsp3) is 0.250. The van der Waals surface area contributed by atoms with Crippen molar-refractivity contribution in [3.8, 4) is 17.1 Å². The molecule has 1 aromatic heterocycles. The highest BCUT2D eigenvalue weighted by Crippen LogP contribution is 2.28. The van der Waals surface area contributed by atoms with Gasteiger partial charge in [-0.1, -0.05) is 84.8 Å². The molecule has 3 aromatic carbocycles. The van der Waals surface area contributed by atoms with Crippen molar-refractivity contribution < 1.29 is 18.0 Å². The van der Waals surface area contributed by atoms with E-state index in [0.717, 1.165) is 42.5 Å². The highest BCUT2D eigenvalue weighted by Gasteiger charge is 2.25. The van der Waals surface area contributed by atoms with Crippen LogP contribution in [0, 0.1) is 6.92 Å². The number of rotatable bonds is 9. The summed E-state index contributed by atoms with van der Waals surface area (Å²) in [7, 11) is -3.54. The lowest BCUT2D eigenvalue weighted by Gasteiger charge is -2.19. The summed E-state index contributed by atoms with van der Waals surface area (Å²) >= 11 is 1.20. The van der Waals surface area contributed by atoms with Crippen LogP contribution >= 0.6 is 11.8 Å². The molecule has 44 heavy (non-hydrogen) atoms. The third-order valence-corrected chi connectivity index (χ3v) is 9.97.